The van der Waals surface area contributed by atoms with Crippen molar-refractivity contribution < 1.29 is 9.47 Å². The molecular formula is C20H37IN4O2. The second-order valence-electron chi connectivity index (χ2n) is 8.87. The Labute approximate surface area is 181 Å². The molecule has 4 fully saturated rings. The molecule has 4 aliphatic rings. The molecule has 2 aliphatic heterocycles. The average molecular weight is 492 g/mol. The van der Waals surface area contributed by atoms with Crippen LogP contribution in [0.5, 0.6) is 0 Å². The first-order chi connectivity index (χ1) is 12.7. The van der Waals surface area contributed by atoms with Gasteiger partial charge in [-0.25, -0.2) is 0 Å². The van der Waals surface area contributed by atoms with Crippen LogP contribution in [0.15, 0.2) is 4.99 Å². The second-order valence-corrected chi connectivity index (χ2v) is 8.87. The SMILES string of the molecule is CN=C(NCC(C(C)C)N1CCOCC1)NC1C2CCOC2C12CCC2.I. The highest BCUT2D eigenvalue weighted by molar-refractivity contribution is 14.0. The Morgan fingerprint density at radius 3 is 2.56 bits per heavy atom. The van der Waals surface area contributed by atoms with E-state index in [0.29, 0.717) is 35.4 Å². The summed E-state index contributed by atoms with van der Waals surface area (Å²) >= 11 is 0. The van der Waals surface area contributed by atoms with Gasteiger partial charge in [0.15, 0.2) is 5.96 Å². The molecule has 7 heteroatoms. The third-order valence-corrected chi connectivity index (χ3v) is 7.31. The fourth-order valence-corrected chi connectivity index (χ4v) is 5.69. The molecule has 2 N–H and O–H groups in total. The van der Waals surface area contributed by atoms with E-state index in [4.69, 9.17) is 9.47 Å². The van der Waals surface area contributed by atoms with E-state index in [1.54, 1.807) is 0 Å². The summed E-state index contributed by atoms with van der Waals surface area (Å²) in [4.78, 5) is 7.10. The molecule has 6 nitrogen and oxygen atoms in total. The number of rotatable bonds is 5. The molecule has 2 saturated carbocycles. The second kappa shape index (κ2) is 9.13. The van der Waals surface area contributed by atoms with Gasteiger partial charge in [-0.1, -0.05) is 20.3 Å². The van der Waals surface area contributed by atoms with E-state index < -0.39 is 0 Å². The van der Waals surface area contributed by atoms with Crippen molar-refractivity contribution in [2.24, 2.45) is 22.2 Å². The molecule has 0 bridgehead atoms. The van der Waals surface area contributed by atoms with Crippen LogP contribution in [0.1, 0.15) is 39.5 Å². The Kier molecular flexibility index (Phi) is 7.30. The number of nitrogens with zero attached hydrogens (tertiary/aromatic N) is 2. The zero-order valence-electron chi connectivity index (χ0n) is 17.1. The summed E-state index contributed by atoms with van der Waals surface area (Å²) in [6, 6.07) is 1.05. The molecule has 156 valence electrons. The smallest absolute Gasteiger partial charge is 0.191 e. The monoisotopic (exact) mass is 492 g/mol. The summed E-state index contributed by atoms with van der Waals surface area (Å²) in [6.45, 7) is 10.3. The standard InChI is InChI=1S/C20H36N4O2.HI/c1-14(2)16(24-8-11-25-12-9-24)13-22-19(21-3)23-17-15-5-10-26-18(15)20(17)6-4-7-20;/h14-18H,4-13H2,1-3H3,(H2,21,22,23);1H. The van der Waals surface area contributed by atoms with Crippen LogP contribution in [0.3, 0.4) is 0 Å². The third-order valence-electron chi connectivity index (χ3n) is 7.31. The number of guanidine groups is 1. The third kappa shape index (κ3) is 3.98. The minimum atomic E-state index is 0. The van der Waals surface area contributed by atoms with Crippen molar-refractivity contribution in [2.45, 2.75) is 57.7 Å². The Morgan fingerprint density at radius 1 is 1.22 bits per heavy atom. The van der Waals surface area contributed by atoms with E-state index in [1.807, 2.05) is 7.05 Å². The van der Waals surface area contributed by atoms with Crippen LogP contribution in [0.4, 0.5) is 0 Å². The van der Waals surface area contributed by atoms with Gasteiger partial charge in [0.2, 0.25) is 0 Å². The first kappa shape index (κ1) is 21.6. The number of morpholine rings is 1. The number of halogens is 1. The minimum absolute atomic E-state index is 0. The molecule has 2 aliphatic carbocycles. The van der Waals surface area contributed by atoms with E-state index in [-0.39, 0.29) is 24.0 Å². The zero-order chi connectivity index (χ0) is 18.1. The zero-order valence-corrected chi connectivity index (χ0v) is 19.4. The fourth-order valence-electron chi connectivity index (χ4n) is 5.69. The molecule has 0 amide bonds. The lowest BCUT2D eigenvalue weighted by molar-refractivity contribution is -0.171. The van der Waals surface area contributed by atoms with Crippen LogP contribution in [-0.4, -0.2) is 75.5 Å². The van der Waals surface area contributed by atoms with Gasteiger partial charge < -0.3 is 20.1 Å². The number of ether oxygens (including phenoxy) is 2. The molecule has 0 aromatic heterocycles. The highest BCUT2D eigenvalue weighted by Crippen LogP contribution is 2.62. The Morgan fingerprint density at radius 2 is 1.96 bits per heavy atom. The van der Waals surface area contributed by atoms with Gasteiger partial charge in [-0.15, -0.1) is 24.0 Å². The molecule has 0 aromatic carbocycles. The molecule has 0 aromatic rings. The Balaban J connectivity index is 0.00000210. The maximum absolute atomic E-state index is 6.05. The normalized spacial score (nSPS) is 33.6. The average Bonchev–Trinajstić information content (AvgIpc) is 3.02. The largest absolute Gasteiger partial charge is 0.379 e. The van der Waals surface area contributed by atoms with Crippen molar-refractivity contribution in [3.8, 4) is 0 Å². The quantitative estimate of drug-likeness (QED) is 0.350. The predicted octanol–water partition coefficient (Wildman–Crippen LogP) is 2.08. The van der Waals surface area contributed by atoms with Gasteiger partial charge in [0.05, 0.1) is 19.3 Å². The molecule has 2 heterocycles. The minimum Gasteiger partial charge on any atom is -0.379 e. The number of nitrogens with one attached hydrogen (secondary N) is 2. The van der Waals surface area contributed by atoms with Gasteiger partial charge in [0, 0.05) is 56.7 Å². The molecular weight excluding hydrogens is 455 g/mol. The van der Waals surface area contributed by atoms with Crippen molar-refractivity contribution in [1.82, 2.24) is 15.5 Å². The van der Waals surface area contributed by atoms with Gasteiger partial charge in [0.25, 0.3) is 0 Å². The summed E-state index contributed by atoms with van der Waals surface area (Å²) in [6.07, 6.45) is 5.67. The van der Waals surface area contributed by atoms with Crippen molar-refractivity contribution in [1.29, 1.82) is 0 Å². The van der Waals surface area contributed by atoms with Crippen molar-refractivity contribution in [2.75, 3.05) is 46.5 Å². The lowest BCUT2D eigenvalue weighted by atomic mass is 9.46. The number of hydrogen-bond acceptors (Lipinski definition) is 4. The van der Waals surface area contributed by atoms with E-state index >= 15 is 0 Å². The van der Waals surface area contributed by atoms with E-state index in [9.17, 15) is 0 Å². The van der Waals surface area contributed by atoms with Crippen LogP contribution < -0.4 is 10.6 Å². The molecule has 0 radical (unpaired) electrons. The van der Waals surface area contributed by atoms with Crippen molar-refractivity contribution in [3.63, 3.8) is 0 Å². The summed E-state index contributed by atoms with van der Waals surface area (Å²) in [7, 11) is 1.89. The number of hydrogen-bond donors (Lipinski definition) is 2. The van der Waals surface area contributed by atoms with Crippen LogP contribution in [0.2, 0.25) is 0 Å². The van der Waals surface area contributed by atoms with Crippen molar-refractivity contribution in [3.05, 3.63) is 0 Å². The van der Waals surface area contributed by atoms with Gasteiger partial charge >= 0.3 is 0 Å². The van der Waals surface area contributed by atoms with E-state index in [1.165, 1.54) is 25.7 Å². The first-order valence-corrected chi connectivity index (χ1v) is 10.6. The fraction of sp³-hybridized carbons (Fsp3) is 0.950. The van der Waals surface area contributed by atoms with Gasteiger partial charge in [-0.05, 0) is 25.2 Å². The first-order valence-electron chi connectivity index (χ1n) is 10.6. The topological polar surface area (TPSA) is 58.1 Å². The van der Waals surface area contributed by atoms with Crippen molar-refractivity contribution >= 4 is 29.9 Å². The molecule has 4 atom stereocenters. The summed E-state index contributed by atoms with van der Waals surface area (Å²) < 4.78 is 11.6. The van der Waals surface area contributed by atoms with E-state index in [0.717, 1.165) is 45.4 Å². The summed E-state index contributed by atoms with van der Waals surface area (Å²) in [5.74, 6) is 2.24. The molecule has 4 unspecified atom stereocenters. The van der Waals surface area contributed by atoms with Gasteiger partial charge in [-0.3, -0.25) is 9.89 Å². The maximum Gasteiger partial charge on any atom is 0.191 e. The summed E-state index contributed by atoms with van der Waals surface area (Å²) in [5.41, 5.74) is 0.389. The lowest BCUT2D eigenvalue weighted by Crippen LogP contribution is -2.72. The van der Waals surface area contributed by atoms with Gasteiger partial charge in [0.1, 0.15) is 0 Å². The Hall–Kier alpha value is -0.120. The van der Waals surface area contributed by atoms with Gasteiger partial charge in [-0.2, -0.15) is 0 Å². The number of aliphatic imine (C=N–C) groups is 1. The predicted molar refractivity (Wildman–Crippen MR) is 119 cm³/mol. The highest BCUT2D eigenvalue weighted by Gasteiger charge is 2.66. The summed E-state index contributed by atoms with van der Waals surface area (Å²) in [5, 5.41) is 7.41. The molecule has 1 spiro atoms. The number of fused-ring (bicyclic) bond motifs is 2. The van der Waals surface area contributed by atoms with Crippen LogP contribution >= 0.6 is 24.0 Å². The van der Waals surface area contributed by atoms with Crippen LogP contribution in [0, 0.1) is 17.3 Å². The molecule has 4 rings (SSSR count). The van der Waals surface area contributed by atoms with E-state index in [2.05, 4.69) is 34.4 Å². The van der Waals surface area contributed by atoms with Crippen LogP contribution in [0.25, 0.3) is 0 Å². The Bertz CT molecular complexity index is 520. The maximum atomic E-state index is 6.05. The molecule has 2 saturated heterocycles. The molecule has 27 heavy (non-hydrogen) atoms. The highest BCUT2D eigenvalue weighted by atomic mass is 127. The lowest BCUT2D eigenvalue weighted by Gasteiger charge is -2.63. The van der Waals surface area contributed by atoms with Crippen LogP contribution in [-0.2, 0) is 9.47 Å².